The summed E-state index contributed by atoms with van der Waals surface area (Å²) in [6, 6.07) is 3.92. The third-order valence-electron chi connectivity index (χ3n) is 12.2. The lowest BCUT2D eigenvalue weighted by Crippen LogP contribution is -2.56. The quantitative estimate of drug-likeness (QED) is 0.460. The smallest absolute Gasteiger partial charge is 0.0805 e. The van der Waals surface area contributed by atoms with Crippen LogP contribution in [0.25, 0.3) is 0 Å². The van der Waals surface area contributed by atoms with Crippen LogP contribution in [0.4, 0.5) is 0 Å². The van der Waals surface area contributed by atoms with E-state index in [-0.39, 0.29) is 6.10 Å². The molecule has 0 bridgehead atoms. The number of aromatic nitrogens is 1. The molecule has 0 aliphatic heterocycles. The van der Waals surface area contributed by atoms with Gasteiger partial charge in [0.1, 0.15) is 0 Å². The maximum atomic E-state index is 11.1. The summed E-state index contributed by atoms with van der Waals surface area (Å²) in [5, 5.41) is 21.8. The van der Waals surface area contributed by atoms with Crippen molar-refractivity contribution in [3.8, 4) is 0 Å². The molecule has 4 fully saturated rings. The monoisotopic (exact) mass is 467 g/mol. The molecule has 34 heavy (non-hydrogen) atoms. The van der Waals surface area contributed by atoms with Crippen LogP contribution in [0.15, 0.2) is 24.5 Å². The Balaban J connectivity index is 1.25. The first kappa shape index (κ1) is 24.8. The number of pyridine rings is 1. The molecule has 0 amide bonds. The molecular formula is C31H49NO2. The van der Waals surface area contributed by atoms with Gasteiger partial charge < -0.3 is 10.2 Å². The van der Waals surface area contributed by atoms with Crippen molar-refractivity contribution < 1.29 is 10.2 Å². The highest BCUT2D eigenvalue weighted by atomic mass is 16.3. The second-order valence-corrected chi connectivity index (χ2v) is 13.5. The zero-order valence-corrected chi connectivity index (χ0v) is 22.2. The van der Waals surface area contributed by atoms with E-state index in [2.05, 4.69) is 32.7 Å². The van der Waals surface area contributed by atoms with E-state index in [0.717, 1.165) is 67.3 Å². The summed E-state index contributed by atoms with van der Waals surface area (Å²) in [6.45, 7) is 9.90. The lowest BCUT2D eigenvalue weighted by Gasteiger charge is -2.62. The lowest BCUT2D eigenvalue weighted by molar-refractivity contribution is -0.152. The third kappa shape index (κ3) is 4.07. The maximum Gasteiger partial charge on any atom is 0.0805 e. The van der Waals surface area contributed by atoms with E-state index in [0.29, 0.717) is 16.7 Å². The molecule has 4 aliphatic rings. The van der Waals surface area contributed by atoms with Gasteiger partial charge in [0, 0.05) is 12.4 Å². The van der Waals surface area contributed by atoms with Gasteiger partial charge in [-0.25, -0.2) is 0 Å². The van der Waals surface area contributed by atoms with Crippen molar-refractivity contribution in [3.63, 3.8) is 0 Å². The normalized spacial score (nSPS) is 45.6. The molecule has 4 aliphatic carbocycles. The number of rotatable bonds is 6. The minimum atomic E-state index is -0.394. The summed E-state index contributed by atoms with van der Waals surface area (Å²) in [6.07, 6.45) is 17.7. The van der Waals surface area contributed by atoms with E-state index < -0.39 is 5.60 Å². The first-order chi connectivity index (χ1) is 16.2. The molecule has 0 saturated heterocycles. The highest BCUT2D eigenvalue weighted by Gasteiger charge is 2.61. The van der Waals surface area contributed by atoms with Gasteiger partial charge in [0.25, 0.3) is 0 Å². The molecule has 2 N–H and O–H groups in total. The molecule has 3 nitrogen and oxygen atoms in total. The SMILES string of the molecule is CC[C@]1(O)CC[C@@]2(C)[C@@H](CC[C@@H]3[C@@H]2CC[C@]2(C)[C@@H](C(C)CC[C@H](O)c4cccnc4)CC[C@@H]32)C1. The van der Waals surface area contributed by atoms with E-state index in [1.807, 2.05) is 18.3 Å². The highest BCUT2D eigenvalue weighted by molar-refractivity contribution is 5.13. The maximum absolute atomic E-state index is 11.1. The summed E-state index contributed by atoms with van der Waals surface area (Å²) in [5.41, 5.74) is 1.48. The van der Waals surface area contributed by atoms with Crippen LogP contribution in [0.2, 0.25) is 0 Å². The average Bonchev–Trinajstić information content (AvgIpc) is 3.20. The fourth-order valence-corrected chi connectivity index (χ4v) is 9.98. The van der Waals surface area contributed by atoms with Crippen molar-refractivity contribution in [2.75, 3.05) is 0 Å². The third-order valence-corrected chi connectivity index (χ3v) is 12.2. The molecule has 0 radical (unpaired) electrons. The number of hydrogen-bond acceptors (Lipinski definition) is 3. The van der Waals surface area contributed by atoms with Gasteiger partial charge in [0.15, 0.2) is 0 Å². The molecule has 1 heterocycles. The molecule has 0 spiro atoms. The molecule has 0 aromatic carbocycles. The minimum Gasteiger partial charge on any atom is -0.390 e. The number of aliphatic hydroxyl groups excluding tert-OH is 1. The highest BCUT2D eigenvalue weighted by Crippen LogP contribution is 2.69. The van der Waals surface area contributed by atoms with Crippen molar-refractivity contribution in [1.29, 1.82) is 0 Å². The summed E-state index contributed by atoms with van der Waals surface area (Å²) >= 11 is 0. The van der Waals surface area contributed by atoms with E-state index >= 15 is 0 Å². The van der Waals surface area contributed by atoms with Crippen LogP contribution in [0.1, 0.15) is 116 Å². The predicted octanol–water partition coefficient (Wildman–Crippen LogP) is 7.33. The van der Waals surface area contributed by atoms with Crippen molar-refractivity contribution in [1.82, 2.24) is 4.98 Å². The molecule has 3 heteroatoms. The van der Waals surface area contributed by atoms with E-state index in [9.17, 15) is 10.2 Å². The average molecular weight is 468 g/mol. The summed E-state index contributed by atoms with van der Waals surface area (Å²) < 4.78 is 0. The molecule has 1 unspecified atom stereocenters. The van der Waals surface area contributed by atoms with Crippen LogP contribution in [0.5, 0.6) is 0 Å². The Kier molecular flexibility index (Phi) is 6.68. The summed E-state index contributed by atoms with van der Waals surface area (Å²) in [5.74, 6) is 4.83. The zero-order chi connectivity index (χ0) is 24.1. The fraction of sp³-hybridized carbons (Fsp3) is 0.839. The zero-order valence-electron chi connectivity index (χ0n) is 22.2. The minimum absolute atomic E-state index is 0.389. The molecular weight excluding hydrogens is 418 g/mol. The number of hydrogen-bond donors (Lipinski definition) is 2. The molecule has 1 aromatic heterocycles. The largest absolute Gasteiger partial charge is 0.390 e. The van der Waals surface area contributed by atoms with Crippen LogP contribution >= 0.6 is 0 Å². The Labute approximate surface area is 208 Å². The van der Waals surface area contributed by atoms with Gasteiger partial charge in [0.05, 0.1) is 11.7 Å². The van der Waals surface area contributed by atoms with Crippen molar-refractivity contribution >= 4 is 0 Å². The standard InChI is InChI=1S/C31H49NO2/c1-5-31(34)17-16-29(3)23(19-31)9-10-24-26-12-11-25(30(26,4)15-14-27(24)29)21(2)8-13-28(33)22-7-6-18-32-20-22/h6-7,18,20-21,23-28,33-34H,5,8-17,19H2,1-4H3/t21?,23-,24-,25+,26-,27-,28-,29-,30+,31-/m0/s1. The number of nitrogens with zero attached hydrogens (tertiary/aromatic N) is 1. The lowest BCUT2D eigenvalue weighted by atomic mass is 9.43. The Morgan fingerprint density at radius 1 is 1.00 bits per heavy atom. The Hall–Kier alpha value is -0.930. The van der Waals surface area contributed by atoms with Crippen LogP contribution < -0.4 is 0 Å². The van der Waals surface area contributed by atoms with Crippen molar-refractivity contribution in [2.45, 2.75) is 116 Å². The van der Waals surface area contributed by atoms with Crippen molar-refractivity contribution in [3.05, 3.63) is 30.1 Å². The van der Waals surface area contributed by atoms with Gasteiger partial charge in [-0.15, -0.1) is 0 Å². The molecule has 1 aromatic rings. The first-order valence-corrected chi connectivity index (χ1v) is 14.5. The molecule has 5 rings (SSSR count). The number of aliphatic hydroxyl groups is 2. The Morgan fingerprint density at radius 2 is 1.79 bits per heavy atom. The summed E-state index contributed by atoms with van der Waals surface area (Å²) in [4.78, 5) is 4.19. The Bertz CT molecular complexity index is 843. The van der Waals surface area contributed by atoms with Crippen LogP contribution in [-0.4, -0.2) is 20.8 Å². The topological polar surface area (TPSA) is 53.4 Å². The second kappa shape index (κ2) is 9.18. The van der Waals surface area contributed by atoms with E-state index in [4.69, 9.17) is 0 Å². The van der Waals surface area contributed by atoms with E-state index in [1.54, 1.807) is 6.20 Å². The second-order valence-electron chi connectivity index (χ2n) is 13.5. The van der Waals surface area contributed by atoms with Gasteiger partial charge >= 0.3 is 0 Å². The van der Waals surface area contributed by atoms with Crippen LogP contribution in [-0.2, 0) is 0 Å². The summed E-state index contributed by atoms with van der Waals surface area (Å²) in [7, 11) is 0. The van der Waals surface area contributed by atoms with Gasteiger partial charge in [-0.3, -0.25) is 4.98 Å². The first-order valence-electron chi connectivity index (χ1n) is 14.5. The van der Waals surface area contributed by atoms with Gasteiger partial charge in [0.2, 0.25) is 0 Å². The van der Waals surface area contributed by atoms with Gasteiger partial charge in [-0.1, -0.05) is 33.8 Å². The molecule has 10 atom stereocenters. The van der Waals surface area contributed by atoms with Crippen LogP contribution in [0, 0.1) is 46.3 Å². The molecule has 4 saturated carbocycles. The Morgan fingerprint density at radius 3 is 2.53 bits per heavy atom. The van der Waals surface area contributed by atoms with Crippen LogP contribution in [0.3, 0.4) is 0 Å². The predicted molar refractivity (Wildman–Crippen MR) is 138 cm³/mol. The van der Waals surface area contributed by atoms with Crippen molar-refractivity contribution in [2.24, 2.45) is 46.3 Å². The van der Waals surface area contributed by atoms with Gasteiger partial charge in [-0.05, 0) is 135 Å². The fourth-order valence-electron chi connectivity index (χ4n) is 9.98. The molecule has 190 valence electrons. The van der Waals surface area contributed by atoms with Gasteiger partial charge in [-0.2, -0.15) is 0 Å². The van der Waals surface area contributed by atoms with E-state index in [1.165, 1.54) is 44.9 Å². The number of fused-ring (bicyclic) bond motifs is 5.